The molecule has 2 saturated carbocycles. The van der Waals surface area contributed by atoms with E-state index in [9.17, 15) is 0 Å². The first-order valence-electron chi connectivity index (χ1n) is 7.45. The van der Waals surface area contributed by atoms with Crippen molar-refractivity contribution >= 4 is 15.9 Å². The van der Waals surface area contributed by atoms with Crippen LogP contribution in [0, 0.1) is 11.8 Å². The molecule has 0 saturated heterocycles. The minimum absolute atomic E-state index is 0.637. The van der Waals surface area contributed by atoms with Crippen molar-refractivity contribution in [1.29, 1.82) is 0 Å². The fourth-order valence-corrected chi connectivity index (χ4v) is 4.23. The lowest BCUT2D eigenvalue weighted by Crippen LogP contribution is -2.04. The van der Waals surface area contributed by atoms with E-state index in [1.54, 1.807) is 0 Å². The SMILES string of the molecule is BrCc1nnc(C2C3CCCCC32)n1-c1ccccc1. The lowest BCUT2D eigenvalue weighted by Gasteiger charge is -2.09. The molecule has 1 aromatic carbocycles. The van der Waals surface area contributed by atoms with E-state index in [1.807, 2.05) is 0 Å². The number of hydrogen-bond acceptors (Lipinski definition) is 2. The minimum Gasteiger partial charge on any atom is -0.282 e. The lowest BCUT2D eigenvalue weighted by atomic mass is 10.0. The molecule has 2 fully saturated rings. The maximum atomic E-state index is 4.53. The van der Waals surface area contributed by atoms with Crippen LogP contribution >= 0.6 is 15.9 Å². The molecule has 1 aromatic heterocycles. The van der Waals surface area contributed by atoms with Gasteiger partial charge in [0, 0.05) is 11.6 Å². The highest BCUT2D eigenvalue weighted by Crippen LogP contribution is 2.60. The van der Waals surface area contributed by atoms with E-state index >= 15 is 0 Å². The van der Waals surface area contributed by atoms with Gasteiger partial charge in [0.1, 0.15) is 11.6 Å². The number of benzene rings is 1. The smallest absolute Gasteiger partial charge is 0.148 e. The molecule has 2 unspecified atom stereocenters. The summed E-state index contributed by atoms with van der Waals surface area (Å²) in [6, 6.07) is 10.5. The molecule has 0 amide bonds. The Bertz CT molecular complexity index is 595. The average Bonchev–Trinajstić information content (AvgIpc) is 3.09. The third-order valence-electron chi connectivity index (χ3n) is 4.84. The Morgan fingerprint density at radius 3 is 2.40 bits per heavy atom. The number of fused-ring (bicyclic) bond motifs is 1. The number of nitrogens with zero attached hydrogens (tertiary/aromatic N) is 3. The van der Waals surface area contributed by atoms with E-state index in [-0.39, 0.29) is 0 Å². The number of aromatic nitrogens is 3. The monoisotopic (exact) mass is 331 g/mol. The summed E-state index contributed by atoms with van der Waals surface area (Å²) in [5, 5.41) is 9.68. The van der Waals surface area contributed by atoms with Crippen LogP contribution in [0.25, 0.3) is 5.69 Å². The van der Waals surface area contributed by atoms with Crippen LogP contribution in [0.5, 0.6) is 0 Å². The molecular weight excluding hydrogens is 314 g/mol. The van der Waals surface area contributed by atoms with Crippen LogP contribution in [-0.2, 0) is 5.33 Å². The molecule has 2 atom stereocenters. The molecule has 2 aliphatic carbocycles. The summed E-state index contributed by atoms with van der Waals surface area (Å²) < 4.78 is 2.26. The molecule has 0 aliphatic heterocycles. The van der Waals surface area contributed by atoms with Crippen molar-refractivity contribution in [1.82, 2.24) is 14.8 Å². The molecule has 1 heterocycles. The summed E-state index contributed by atoms with van der Waals surface area (Å²) in [6.45, 7) is 0. The highest BCUT2D eigenvalue weighted by molar-refractivity contribution is 9.08. The predicted molar refractivity (Wildman–Crippen MR) is 82.2 cm³/mol. The molecule has 20 heavy (non-hydrogen) atoms. The van der Waals surface area contributed by atoms with Crippen LogP contribution < -0.4 is 0 Å². The van der Waals surface area contributed by atoms with E-state index in [0.717, 1.165) is 23.0 Å². The van der Waals surface area contributed by atoms with Gasteiger partial charge < -0.3 is 0 Å². The van der Waals surface area contributed by atoms with Crippen molar-refractivity contribution in [2.45, 2.75) is 36.9 Å². The van der Waals surface area contributed by atoms with E-state index in [2.05, 4.69) is 61.0 Å². The van der Waals surface area contributed by atoms with Crippen LogP contribution in [0.2, 0.25) is 0 Å². The minimum atomic E-state index is 0.637. The van der Waals surface area contributed by atoms with Gasteiger partial charge in [-0.25, -0.2) is 0 Å². The van der Waals surface area contributed by atoms with Gasteiger partial charge in [-0.1, -0.05) is 47.0 Å². The standard InChI is InChI=1S/C16H18BrN3/c17-10-14-18-19-16(15-12-8-4-5-9-13(12)15)20(14)11-6-2-1-3-7-11/h1-3,6-7,12-13,15H,4-5,8-10H2. The van der Waals surface area contributed by atoms with Gasteiger partial charge in [0.15, 0.2) is 0 Å². The van der Waals surface area contributed by atoms with Gasteiger partial charge in [-0.3, -0.25) is 4.57 Å². The second-order valence-corrected chi connectivity index (χ2v) is 6.48. The van der Waals surface area contributed by atoms with Gasteiger partial charge >= 0.3 is 0 Å². The molecule has 3 nitrogen and oxygen atoms in total. The fourth-order valence-electron chi connectivity index (χ4n) is 3.87. The van der Waals surface area contributed by atoms with E-state index in [1.165, 1.54) is 37.2 Å². The van der Waals surface area contributed by atoms with Crippen LogP contribution in [-0.4, -0.2) is 14.8 Å². The van der Waals surface area contributed by atoms with Gasteiger partial charge in [0.2, 0.25) is 0 Å². The van der Waals surface area contributed by atoms with Crippen LogP contribution in [0.15, 0.2) is 30.3 Å². The second-order valence-electron chi connectivity index (χ2n) is 5.92. The zero-order valence-corrected chi connectivity index (χ0v) is 13.0. The molecule has 2 aromatic rings. The van der Waals surface area contributed by atoms with E-state index < -0.39 is 0 Å². The molecule has 0 radical (unpaired) electrons. The van der Waals surface area contributed by atoms with Crippen molar-refractivity contribution in [2.75, 3.05) is 0 Å². The summed E-state index contributed by atoms with van der Waals surface area (Å²) in [6.07, 6.45) is 5.53. The first-order valence-corrected chi connectivity index (χ1v) is 8.58. The predicted octanol–water partition coefficient (Wildman–Crippen LogP) is 4.07. The van der Waals surface area contributed by atoms with Crippen molar-refractivity contribution in [3.8, 4) is 5.69 Å². The van der Waals surface area contributed by atoms with E-state index in [4.69, 9.17) is 0 Å². The average molecular weight is 332 g/mol. The first-order chi connectivity index (χ1) is 9.90. The quantitative estimate of drug-likeness (QED) is 0.794. The maximum absolute atomic E-state index is 4.53. The molecule has 4 rings (SSSR count). The molecule has 0 bridgehead atoms. The Morgan fingerprint density at radius 2 is 1.75 bits per heavy atom. The van der Waals surface area contributed by atoms with Gasteiger partial charge in [-0.05, 0) is 36.8 Å². The highest BCUT2D eigenvalue weighted by atomic mass is 79.9. The zero-order chi connectivity index (χ0) is 13.5. The largest absolute Gasteiger partial charge is 0.282 e. The third-order valence-corrected chi connectivity index (χ3v) is 5.35. The van der Waals surface area contributed by atoms with Crippen LogP contribution in [0.4, 0.5) is 0 Å². The Labute approximate surface area is 127 Å². The van der Waals surface area contributed by atoms with E-state index in [0.29, 0.717) is 5.92 Å². The number of alkyl halides is 1. The van der Waals surface area contributed by atoms with Gasteiger partial charge in [0.25, 0.3) is 0 Å². The van der Waals surface area contributed by atoms with Gasteiger partial charge in [-0.15, -0.1) is 10.2 Å². The first kappa shape index (κ1) is 12.6. The fraction of sp³-hybridized carbons (Fsp3) is 0.500. The molecule has 4 heteroatoms. The summed E-state index contributed by atoms with van der Waals surface area (Å²) in [5.41, 5.74) is 1.19. The lowest BCUT2D eigenvalue weighted by molar-refractivity contribution is 0.480. The third kappa shape index (κ3) is 1.93. The Balaban J connectivity index is 1.76. The highest BCUT2D eigenvalue weighted by Gasteiger charge is 2.53. The summed E-state index contributed by atoms with van der Waals surface area (Å²) >= 11 is 3.54. The van der Waals surface area contributed by atoms with Crippen molar-refractivity contribution in [3.05, 3.63) is 42.0 Å². The number of halogens is 1. The Morgan fingerprint density at radius 1 is 1.05 bits per heavy atom. The zero-order valence-electron chi connectivity index (χ0n) is 11.4. The van der Waals surface area contributed by atoms with Crippen molar-refractivity contribution in [2.24, 2.45) is 11.8 Å². The Kier molecular flexibility index (Phi) is 3.14. The molecular formula is C16H18BrN3. The molecule has 0 N–H and O–H groups in total. The number of para-hydroxylation sites is 1. The second kappa shape index (κ2) is 4.99. The normalized spacial score (nSPS) is 28.1. The van der Waals surface area contributed by atoms with Gasteiger partial charge in [-0.2, -0.15) is 0 Å². The van der Waals surface area contributed by atoms with Crippen molar-refractivity contribution in [3.63, 3.8) is 0 Å². The number of rotatable bonds is 3. The molecule has 104 valence electrons. The van der Waals surface area contributed by atoms with Crippen molar-refractivity contribution < 1.29 is 0 Å². The van der Waals surface area contributed by atoms with Crippen LogP contribution in [0.3, 0.4) is 0 Å². The van der Waals surface area contributed by atoms with Crippen LogP contribution in [0.1, 0.15) is 43.3 Å². The molecule has 2 aliphatic rings. The summed E-state index contributed by atoms with van der Waals surface area (Å²) in [7, 11) is 0. The summed E-state index contributed by atoms with van der Waals surface area (Å²) in [4.78, 5) is 0. The maximum Gasteiger partial charge on any atom is 0.148 e. The molecule has 0 spiro atoms. The van der Waals surface area contributed by atoms with Gasteiger partial charge in [0.05, 0.1) is 5.33 Å². The summed E-state index contributed by atoms with van der Waals surface area (Å²) in [5.74, 6) is 4.55. The Hall–Kier alpha value is -1.16. The topological polar surface area (TPSA) is 30.7 Å². The number of hydrogen-bond donors (Lipinski definition) is 0.